The van der Waals surface area contributed by atoms with Crippen molar-refractivity contribution in [3.05, 3.63) is 42.5 Å². The predicted octanol–water partition coefficient (Wildman–Crippen LogP) is 2.06. The van der Waals surface area contributed by atoms with Crippen LogP contribution < -0.4 is 4.74 Å². The van der Waals surface area contributed by atoms with Crippen LogP contribution in [0, 0.1) is 11.8 Å². The Kier molecular flexibility index (Phi) is 4.04. The van der Waals surface area contributed by atoms with E-state index in [4.69, 9.17) is 9.47 Å². The average molecular weight is 300 g/mol. The molecule has 3 rings (SSSR count). The summed E-state index contributed by atoms with van der Waals surface area (Å²) in [7, 11) is 0. The van der Waals surface area contributed by atoms with Gasteiger partial charge < -0.3 is 9.47 Å². The van der Waals surface area contributed by atoms with E-state index in [9.17, 15) is 14.4 Å². The van der Waals surface area contributed by atoms with E-state index < -0.39 is 24.0 Å². The van der Waals surface area contributed by atoms with Crippen LogP contribution in [-0.2, 0) is 19.1 Å². The van der Waals surface area contributed by atoms with Gasteiger partial charge in [-0.1, -0.05) is 18.2 Å². The molecule has 5 heteroatoms. The Morgan fingerprint density at radius 3 is 2.64 bits per heavy atom. The third-order valence-electron chi connectivity index (χ3n) is 4.05. The van der Waals surface area contributed by atoms with Gasteiger partial charge in [0.05, 0.1) is 0 Å². The topological polar surface area (TPSA) is 69.7 Å². The maximum absolute atomic E-state index is 12.4. The molecule has 1 saturated carbocycles. The maximum Gasteiger partial charge on any atom is 0.331 e. The Bertz CT molecular complexity index is 619. The lowest BCUT2D eigenvalue weighted by Crippen LogP contribution is -2.42. The number of Topliss-reactive ketones (excluding diaryl/α,β-unsaturated/α-hetero) is 1. The molecule has 0 aromatic heterocycles. The Morgan fingerprint density at radius 2 is 1.95 bits per heavy atom. The van der Waals surface area contributed by atoms with Gasteiger partial charge in [0.25, 0.3) is 0 Å². The van der Waals surface area contributed by atoms with E-state index in [1.165, 1.54) is 6.08 Å². The molecule has 0 spiro atoms. The fourth-order valence-electron chi connectivity index (χ4n) is 3.02. The number of hydrogen-bond donors (Lipinski definition) is 0. The van der Waals surface area contributed by atoms with Gasteiger partial charge in [-0.25, -0.2) is 4.79 Å². The summed E-state index contributed by atoms with van der Waals surface area (Å²) < 4.78 is 10.5. The second-order valence-electron chi connectivity index (χ2n) is 5.49. The summed E-state index contributed by atoms with van der Waals surface area (Å²) in [6.45, 7) is 0. The molecule has 1 fully saturated rings. The van der Waals surface area contributed by atoms with E-state index in [1.54, 1.807) is 30.3 Å². The van der Waals surface area contributed by atoms with E-state index >= 15 is 0 Å². The summed E-state index contributed by atoms with van der Waals surface area (Å²) >= 11 is 0. The average Bonchev–Trinajstić information content (AvgIpc) is 2.94. The van der Waals surface area contributed by atoms with Gasteiger partial charge in [0.1, 0.15) is 23.6 Å². The fraction of sp³-hybridized carbons (Fsp3) is 0.353. The van der Waals surface area contributed by atoms with Gasteiger partial charge in [-0.05, 0) is 31.1 Å². The second kappa shape index (κ2) is 6.13. The first-order chi connectivity index (χ1) is 10.6. The zero-order valence-corrected chi connectivity index (χ0v) is 11.9. The lowest BCUT2D eigenvalue weighted by molar-refractivity contribution is -0.154. The number of carbonyl (C=O) groups excluding carboxylic acids is 3. The van der Waals surface area contributed by atoms with Crippen LogP contribution in [0.1, 0.15) is 19.3 Å². The van der Waals surface area contributed by atoms with Gasteiger partial charge in [-0.2, -0.15) is 0 Å². The van der Waals surface area contributed by atoms with E-state index in [0.717, 1.165) is 0 Å². The van der Waals surface area contributed by atoms with Crippen molar-refractivity contribution >= 4 is 17.7 Å². The fourth-order valence-corrected chi connectivity index (χ4v) is 3.02. The van der Waals surface area contributed by atoms with Gasteiger partial charge in [0.15, 0.2) is 0 Å². The molecule has 1 unspecified atom stereocenters. The smallest absolute Gasteiger partial charge is 0.331 e. The lowest BCUT2D eigenvalue weighted by atomic mass is 9.75. The molecule has 1 aliphatic carbocycles. The Hall–Kier alpha value is -2.43. The molecule has 2 aliphatic rings. The summed E-state index contributed by atoms with van der Waals surface area (Å²) in [5.41, 5.74) is 0. The number of rotatable bonds is 3. The Morgan fingerprint density at radius 1 is 1.18 bits per heavy atom. The van der Waals surface area contributed by atoms with Crippen molar-refractivity contribution in [2.75, 3.05) is 0 Å². The molecular formula is C17H16O5. The van der Waals surface area contributed by atoms with Gasteiger partial charge in [-0.3, -0.25) is 9.59 Å². The van der Waals surface area contributed by atoms with Crippen LogP contribution in [0.25, 0.3) is 0 Å². The molecular weight excluding hydrogens is 284 g/mol. The van der Waals surface area contributed by atoms with E-state index in [1.807, 2.05) is 6.07 Å². The Balaban J connectivity index is 1.78. The number of esters is 2. The minimum Gasteiger partial charge on any atom is -0.455 e. The molecule has 0 saturated heterocycles. The van der Waals surface area contributed by atoms with Crippen molar-refractivity contribution in [2.24, 2.45) is 11.8 Å². The largest absolute Gasteiger partial charge is 0.455 e. The maximum atomic E-state index is 12.4. The van der Waals surface area contributed by atoms with Crippen LogP contribution in [0.5, 0.6) is 5.75 Å². The van der Waals surface area contributed by atoms with Crippen molar-refractivity contribution in [2.45, 2.75) is 25.4 Å². The molecule has 0 amide bonds. The molecule has 22 heavy (non-hydrogen) atoms. The molecule has 0 N–H and O–H groups in total. The molecule has 3 atom stereocenters. The van der Waals surface area contributed by atoms with E-state index in [0.29, 0.717) is 25.0 Å². The van der Waals surface area contributed by atoms with Crippen LogP contribution >= 0.6 is 0 Å². The van der Waals surface area contributed by atoms with Gasteiger partial charge >= 0.3 is 11.9 Å². The standard InChI is InChI=1S/C17H16O5/c18-13-8-4-7-12(14-9-10-15(19)22-14)16(13)17(20)21-11-5-2-1-3-6-11/h1-3,5-6,9-10,12,14,16H,4,7-8H2/t12-,14-,16?/m1/s1. The van der Waals surface area contributed by atoms with Crippen LogP contribution in [-0.4, -0.2) is 23.8 Å². The normalized spacial score (nSPS) is 27.5. The summed E-state index contributed by atoms with van der Waals surface area (Å²) in [5.74, 6) is -1.97. The zero-order valence-electron chi connectivity index (χ0n) is 11.9. The highest BCUT2D eigenvalue weighted by atomic mass is 16.6. The first-order valence-electron chi connectivity index (χ1n) is 7.33. The molecule has 0 radical (unpaired) electrons. The molecule has 1 aromatic rings. The molecule has 1 aromatic carbocycles. The number of cyclic esters (lactones) is 1. The number of ketones is 1. The van der Waals surface area contributed by atoms with Gasteiger partial charge in [0, 0.05) is 18.4 Å². The van der Waals surface area contributed by atoms with E-state index in [-0.39, 0.29) is 11.7 Å². The highest BCUT2D eigenvalue weighted by Gasteiger charge is 2.44. The monoisotopic (exact) mass is 300 g/mol. The van der Waals surface area contributed by atoms with Crippen molar-refractivity contribution in [3.63, 3.8) is 0 Å². The van der Waals surface area contributed by atoms with Crippen molar-refractivity contribution in [1.82, 2.24) is 0 Å². The second-order valence-corrected chi connectivity index (χ2v) is 5.49. The highest BCUT2D eigenvalue weighted by molar-refractivity contribution is 6.00. The first-order valence-corrected chi connectivity index (χ1v) is 7.33. The molecule has 114 valence electrons. The third kappa shape index (κ3) is 2.93. The van der Waals surface area contributed by atoms with Crippen molar-refractivity contribution in [3.8, 4) is 5.75 Å². The number of benzene rings is 1. The molecule has 5 nitrogen and oxygen atoms in total. The number of para-hydroxylation sites is 1. The molecule has 1 aliphatic heterocycles. The van der Waals surface area contributed by atoms with Crippen molar-refractivity contribution < 1.29 is 23.9 Å². The van der Waals surface area contributed by atoms with Crippen LogP contribution in [0.15, 0.2) is 42.5 Å². The predicted molar refractivity (Wildman–Crippen MR) is 76.9 cm³/mol. The minimum atomic E-state index is -0.880. The van der Waals surface area contributed by atoms with E-state index in [2.05, 4.69) is 0 Å². The SMILES string of the molecule is O=C1C=C[C@H]([C@H]2CCCC(=O)C2C(=O)Oc2ccccc2)O1. The van der Waals surface area contributed by atoms with Crippen LogP contribution in [0.3, 0.4) is 0 Å². The zero-order chi connectivity index (χ0) is 15.5. The summed E-state index contributed by atoms with van der Waals surface area (Å²) in [6, 6.07) is 8.65. The molecule has 1 heterocycles. The quantitative estimate of drug-likeness (QED) is 0.485. The summed E-state index contributed by atoms with van der Waals surface area (Å²) in [6.07, 6.45) is 4.14. The van der Waals surface area contributed by atoms with Crippen molar-refractivity contribution in [1.29, 1.82) is 0 Å². The number of ether oxygens (including phenoxy) is 2. The number of hydrogen-bond acceptors (Lipinski definition) is 5. The number of carbonyl (C=O) groups is 3. The lowest BCUT2D eigenvalue weighted by Gasteiger charge is -2.31. The highest BCUT2D eigenvalue weighted by Crippen LogP contribution is 2.34. The molecule has 0 bridgehead atoms. The van der Waals surface area contributed by atoms with Gasteiger partial charge in [0.2, 0.25) is 0 Å². The van der Waals surface area contributed by atoms with Gasteiger partial charge in [-0.15, -0.1) is 0 Å². The summed E-state index contributed by atoms with van der Waals surface area (Å²) in [4.78, 5) is 35.9. The van der Waals surface area contributed by atoms with Crippen LogP contribution in [0.2, 0.25) is 0 Å². The minimum absolute atomic E-state index is 0.145. The Labute approximate surface area is 127 Å². The first kappa shape index (κ1) is 14.5. The third-order valence-corrected chi connectivity index (χ3v) is 4.05. The summed E-state index contributed by atoms with van der Waals surface area (Å²) in [5, 5.41) is 0. The van der Waals surface area contributed by atoms with Crippen LogP contribution in [0.4, 0.5) is 0 Å².